The fraction of sp³-hybridized carbons (Fsp3) is 0.455. The summed E-state index contributed by atoms with van der Waals surface area (Å²) in [6, 6.07) is 3.42. The first-order valence-electron chi connectivity index (χ1n) is 5.27. The van der Waals surface area contributed by atoms with Gasteiger partial charge in [0.1, 0.15) is 5.15 Å². The maximum Gasteiger partial charge on any atom is 0.225 e. The number of rotatable bonds is 5. The fourth-order valence-electron chi connectivity index (χ4n) is 1.25. The first-order chi connectivity index (χ1) is 7.63. The highest BCUT2D eigenvalue weighted by atomic mass is 35.5. The van der Waals surface area contributed by atoms with E-state index < -0.39 is 0 Å². The molecule has 1 amide bonds. The van der Waals surface area contributed by atoms with Gasteiger partial charge in [-0.15, -0.1) is 0 Å². The number of carbonyl (C=O) groups excluding carboxylic acids is 1. The summed E-state index contributed by atoms with van der Waals surface area (Å²) in [5.41, 5.74) is 1.44. The van der Waals surface area contributed by atoms with Crippen LogP contribution in [0.15, 0.2) is 12.1 Å². The number of aromatic nitrogens is 1. The van der Waals surface area contributed by atoms with Crippen LogP contribution in [0, 0.1) is 6.92 Å². The average Bonchev–Trinajstić information content (AvgIpc) is 2.23. The summed E-state index contributed by atoms with van der Waals surface area (Å²) in [5.74, 6) is -0.0202. The maximum atomic E-state index is 11.5. The standard InChI is InChI=1S/C11H16ClN3O/c1-3-13-7-6-11(16)15-9-4-5-10(12)14-8(9)2/h4-5,13H,3,6-7H2,1-2H3,(H,15,16). The Balaban J connectivity index is 2.49. The van der Waals surface area contributed by atoms with Crippen LogP contribution in [0.4, 0.5) is 5.69 Å². The molecule has 1 aromatic heterocycles. The van der Waals surface area contributed by atoms with Crippen LogP contribution in [-0.4, -0.2) is 24.0 Å². The molecule has 0 aliphatic heterocycles. The third-order valence-corrected chi connectivity index (χ3v) is 2.32. The van der Waals surface area contributed by atoms with Crippen molar-refractivity contribution in [3.8, 4) is 0 Å². The van der Waals surface area contributed by atoms with Gasteiger partial charge < -0.3 is 10.6 Å². The molecule has 1 aromatic rings. The maximum absolute atomic E-state index is 11.5. The summed E-state index contributed by atoms with van der Waals surface area (Å²) < 4.78 is 0. The van der Waals surface area contributed by atoms with Crippen molar-refractivity contribution in [2.45, 2.75) is 20.3 Å². The SMILES string of the molecule is CCNCCC(=O)Nc1ccc(Cl)nc1C. The van der Waals surface area contributed by atoms with Gasteiger partial charge in [0.05, 0.1) is 11.4 Å². The Morgan fingerprint density at radius 1 is 1.50 bits per heavy atom. The summed E-state index contributed by atoms with van der Waals surface area (Å²) in [4.78, 5) is 15.6. The molecule has 0 aliphatic carbocycles. The zero-order chi connectivity index (χ0) is 12.0. The van der Waals surface area contributed by atoms with Gasteiger partial charge in [-0.1, -0.05) is 18.5 Å². The van der Waals surface area contributed by atoms with Crippen LogP contribution in [0.1, 0.15) is 19.0 Å². The van der Waals surface area contributed by atoms with Crippen LogP contribution in [0.5, 0.6) is 0 Å². The second-order valence-corrected chi connectivity index (χ2v) is 3.81. The van der Waals surface area contributed by atoms with Gasteiger partial charge in [-0.05, 0) is 25.6 Å². The lowest BCUT2D eigenvalue weighted by molar-refractivity contribution is -0.116. The molecule has 0 radical (unpaired) electrons. The van der Waals surface area contributed by atoms with Crippen LogP contribution >= 0.6 is 11.6 Å². The van der Waals surface area contributed by atoms with Crippen molar-refractivity contribution in [2.24, 2.45) is 0 Å². The number of pyridine rings is 1. The van der Waals surface area contributed by atoms with Gasteiger partial charge in [0.2, 0.25) is 5.91 Å². The zero-order valence-corrected chi connectivity index (χ0v) is 10.3. The molecule has 1 heterocycles. The largest absolute Gasteiger partial charge is 0.324 e. The van der Waals surface area contributed by atoms with E-state index in [0.717, 1.165) is 12.2 Å². The molecule has 5 heteroatoms. The minimum Gasteiger partial charge on any atom is -0.324 e. The molecule has 0 bridgehead atoms. The monoisotopic (exact) mass is 241 g/mol. The lowest BCUT2D eigenvalue weighted by atomic mass is 10.3. The molecular formula is C11H16ClN3O. The van der Waals surface area contributed by atoms with E-state index in [0.29, 0.717) is 23.8 Å². The van der Waals surface area contributed by atoms with Gasteiger partial charge in [0.25, 0.3) is 0 Å². The van der Waals surface area contributed by atoms with Crippen LogP contribution in [0.2, 0.25) is 5.15 Å². The van der Waals surface area contributed by atoms with E-state index in [4.69, 9.17) is 11.6 Å². The highest BCUT2D eigenvalue weighted by molar-refractivity contribution is 6.29. The van der Waals surface area contributed by atoms with E-state index in [-0.39, 0.29) is 5.91 Å². The molecule has 0 spiro atoms. The molecule has 0 unspecified atom stereocenters. The van der Waals surface area contributed by atoms with Gasteiger partial charge in [0.15, 0.2) is 0 Å². The van der Waals surface area contributed by atoms with Crippen LogP contribution in [-0.2, 0) is 4.79 Å². The Labute approximate surface area is 100 Å². The zero-order valence-electron chi connectivity index (χ0n) is 9.51. The lowest BCUT2D eigenvalue weighted by Crippen LogP contribution is -2.21. The third-order valence-electron chi connectivity index (χ3n) is 2.10. The lowest BCUT2D eigenvalue weighted by Gasteiger charge is -2.07. The van der Waals surface area contributed by atoms with Crippen LogP contribution < -0.4 is 10.6 Å². The number of hydrogen-bond acceptors (Lipinski definition) is 3. The predicted molar refractivity (Wildman–Crippen MR) is 65.8 cm³/mol. The Kier molecular flexibility index (Phi) is 5.22. The van der Waals surface area contributed by atoms with Gasteiger partial charge in [-0.3, -0.25) is 4.79 Å². The topological polar surface area (TPSA) is 54.0 Å². The molecular weight excluding hydrogens is 226 g/mol. The van der Waals surface area contributed by atoms with E-state index in [1.807, 2.05) is 13.8 Å². The molecule has 1 rings (SSSR count). The number of hydrogen-bond donors (Lipinski definition) is 2. The molecule has 0 saturated carbocycles. The molecule has 88 valence electrons. The van der Waals surface area contributed by atoms with E-state index >= 15 is 0 Å². The molecule has 0 aromatic carbocycles. The first-order valence-corrected chi connectivity index (χ1v) is 5.65. The molecule has 0 saturated heterocycles. The average molecular weight is 242 g/mol. The second-order valence-electron chi connectivity index (χ2n) is 3.42. The number of anilines is 1. The van der Waals surface area contributed by atoms with E-state index in [1.165, 1.54) is 0 Å². The molecule has 4 nitrogen and oxygen atoms in total. The molecule has 2 N–H and O–H groups in total. The van der Waals surface area contributed by atoms with Gasteiger partial charge in [0, 0.05) is 13.0 Å². The predicted octanol–water partition coefficient (Wildman–Crippen LogP) is 1.98. The highest BCUT2D eigenvalue weighted by Crippen LogP contribution is 2.15. The highest BCUT2D eigenvalue weighted by Gasteiger charge is 2.05. The normalized spacial score (nSPS) is 10.2. The summed E-state index contributed by atoms with van der Waals surface area (Å²) in [6.07, 6.45) is 0.454. The summed E-state index contributed by atoms with van der Waals surface area (Å²) >= 11 is 5.72. The first kappa shape index (κ1) is 12.9. The number of nitrogens with one attached hydrogen (secondary N) is 2. The summed E-state index contributed by atoms with van der Waals surface area (Å²) in [7, 11) is 0. The van der Waals surface area contributed by atoms with E-state index in [1.54, 1.807) is 12.1 Å². The Bertz CT molecular complexity index is 368. The molecule has 0 aliphatic rings. The van der Waals surface area contributed by atoms with Crippen LogP contribution in [0.3, 0.4) is 0 Å². The van der Waals surface area contributed by atoms with Crippen molar-refractivity contribution in [2.75, 3.05) is 18.4 Å². The quantitative estimate of drug-likeness (QED) is 0.612. The van der Waals surface area contributed by atoms with Crippen molar-refractivity contribution >= 4 is 23.2 Å². The Hall–Kier alpha value is -1.13. The number of aryl methyl sites for hydroxylation is 1. The van der Waals surface area contributed by atoms with Crippen molar-refractivity contribution in [1.29, 1.82) is 0 Å². The minimum absolute atomic E-state index is 0.0202. The van der Waals surface area contributed by atoms with Crippen molar-refractivity contribution in [3.63, 3.8) is 0 Å². The van der Waals surface area contributed by atoms with Crippen LogP contribution in [0.25, 0.3) is 0 Å². The second kappa shape index (κ2) is 6.45. The van der Waals surface area contributed by atoms with Gasteiger partial charge in [-0.25, -0.2) is 4.98 Å². The number of halogens is 1. The number of nitrogens with zero attached hydrogens (tertiary/aromatic N) is 1. The Morgan fingerprint density at radius 2 is 2.25 bits per heavy atom. The van der Waals surface area contributed by atoms with Crippen molar-refractivity contribution in [1.82, 2.24) is 10.3 Å². The molecule has 16 heavy (non-hydrogen) atoms. The summed E-state index contributed by atoms with van der Waals surface area (Å²) in [5, 5.41) is 6.32. The van der Waals surface area contributed by atoms with Crippen molar-refractivity contribution in [3.05, 3.63) is 23.0 Å². The van der Waals surface area contributed by atoms with E-state index in [2.05, 4.69) is 15.6 Å². The molecule has 0 fully saturated rings. The summed E-state index contributed by atoms with van der Waals surface area (Å²) in [6.45, 7) is 5.37. The van der Waals surface area contributed by atoms with Gasteiger partial charge >= 0.3 is 0 Å². The number of amides is 1. The van der Waals surface area contributed by atoms with Crippen molar-refractivity contribution < 1.29 is 4.79 Å². The van der Waals surface area contributed by atoms with Gasteiger partial charge in [-0.2, -0.15) is 0 Å². The Morgan fingerprint density at radius 3 is 2.88 bits per heavy atom. The fourth-order valence-corrected chi connectivity index (χ4v) is 1.44. The molecule has 0 atom stereocenters. The third kappa shape index (κ3) is 4.16. The smallest absolute Gasteiger partial charge is 0.225 e. The minimum atomic E-state index is -0.0202. The van der Waals surface area contributed by atoms with E-state index in [9.17, 15) is 4.79 Å². The number of carbonyl (C=O) groups is 1.